The topological polar surface area (TPSA) is 28.7 Å². The van der Waals surface area contributed by atoms with E-state index in [1.807, 2.05) is 42.9 Å². The Morgan fingerprint density at radius 3 is 2.57 bits per heavy atom. The van der Waals surface area contributed by atoms with E-state index in [2.05, 4.69) is 21.4 Å². The lowest BCUT2D eigenvalue weighted by Crippen LogP contribution is -1.65. The van der Waals surface area contributed by atoms with Gasteiger partial charge in [0.1, 0.15) is 0 Å². The van der Waals surface area contributed by atoms with Crippen LogP contribution in [0.2, 0.25) is 0 Å². The van der Waals surface area contributed by atoms with Crippen LogP contribution in [0.25, 0.3) is 10.2 Å². The van der Waals surface area contributed by atoms with Gasteiger partial charge in [-0.15, -0.1) is 11.3 Å². The molecule has 3 heterocycles. The molecule has 3 aromatic heterocycles. The Labute approximate surface area is 86.2 Å². The minimum Gasteiger partial charge on any atom is -0.368 e. The van der Waals surface area contributed by atoms with Crippen molar-refractivity contribution in [3.63, 3.8) is 0 Å². The van der Waals surface area contributed by atoms with Gasteiger partial charge in [0.25, 0.3) is 0 Å². The van der Waals surface area contributed by atoms with Gasteiger partial charge in [-0.2, -0.15) is 0 Å². The van der Waals surface area contributed by atoms with Gasteiger partial charge >= 0.3 is 0 Å². The highest BCUT2D eigenvalue weighted by Gasteiger charge is 1.89. The predicted octanol–water partition coefficient (Wildman–Crippen LogP) is 3.31. The number of hydrogen-bond donors (Lipinski definition) is 1. The maximum absolute atomic E-state index is 4.15. The van der Waals surface area contributed by atoms with Crippen molar-refractivity contribution in [2.45, 2.75) is 0 Å². The van der Waals surface area contributed by atoms with Gasteiger partial charge in [0, 0.05) is 18.6 Å². The second-order valence-corrected chi connectivity index (χ2v) is 3.64. The fraction of sp³-hybridized carbons (Fsp3) is 0. The largest absolute Gasteiger partial charge is 0.368 e. The van der Waals surface area contributed by atoms with E-state index in [0.29, 0.717) is 0 Å². The molecule has 70 valence electrons. The van der Waals surface area contributed by atoms with E-state index in [9.17, 15) is 0 Å². The lowest BCUT2D eigenvalue weighted by Gasteiger charge is -1.81. The van der Waals surface area contributed by atoms with Crippen LogP contribution in [-0.4, -0.2) is 9.97 Å². The standard InChI is InChI=1S/C7H5NS.C4H5N/c1-2-7-6(8-4-1)3-5-9-7;1-2-4-5-3-1/h1-5H;1-5H. The molecule has 0 amide bonds. The molecular weight excluding hydrogens is 192 g/mol. The molecule has 0 bridgehead atoms. The maximum Gasteiger partial charge on any atom is 0.0809 e. The summed E-state index contributed by atoms with van der Waals surface area (Å²) < 4.78 is 1.26. The van der Waals surface area contributed by atoms with E-state index in [-0.39, 0.29) is 0 Å². The van der Waals surface area contributed by atoms with Crippen molar-refractivity contribution in [3.8, 4) is 0 Å². The highest BCUT2D eigenvalue weighted by atomic mass is 32.1. The summed E-state index contributed by atoms with van der Waals surface area (Å²) in [4.78, 5) is 7.01. The molecule has 0 saturated heterocycles. The minimum atomic E-state index is 1.10. The third kappa shape index (κ3) is 2.20. The smallest absolute Gasteiger partial charge is 0.0809 e. The van der Waals surface area contributed by atoms with E-state index in [1.54, 1.807) is 11.3 Å². The number of nitrogens with zero attached hydrogens (tertiary/aromatic N) is 1. The van der Waals surface area contributed by atoms with E-state index in [1.165, 1.54) is 4.70 Å². The molecule has 3 rings (SSSR count). The fourth-order valence-electron chi connectivity index (χ4n) is 1.08. The quantitative estimate of drug-likeness (QED) is 0.595. The average Bonchev–Trinajstić information content (AvgIpc) is 2.92. The first-order valence-electron chi connectivity index (χ1n) is 4.33. The third-order valence-corrected chi connectivity index (χ3v) is 2.59. The predicted molar refractivity (Wildman–Crippen MR) is 60.4 cm³/mol. The number of H-pyrrole nitrogens is 1. The summed E-state index contributed by atoms with van der Waals surface area (Å²) in [6.45, 7) is 0. The first kappa shape index (κ1) is 8.97. The van der Waals surface area contributed by atoms with Crippen LogP contribution in [0, 0.1) is 0 Å². The van der Waals surface area contributed by atoms with Crippen LogP contribution < -0.4 is 0 Å². The van der Waals surface area contributed by atoms with Gasteiger partial charge in [0.2, 0.25) is 0 Å². The number of aromatic nitrogens is 2. The van der Waals surface area contributed by atoms with Crippen molar-refractivity contribution in [1.82, 2.24) is 9.97 Å². The second-order valence-electron chi connectivity index (χ2n) is 2.69. The zero-order valence-electron chi connectivity index (χ0n) is 7.55. The van der Waals surface area contributed by atoms with Crippen LogP contribution in [0.4, 0.5) is 0 Å². The van der Waals surface area contributed by atoms with E-state index >= 15 is 0 Å². The van der Waals surface area contributed by atoms with Crippen molar-refractivity contribution in [3.05, 3.63) is 54.3 Å². The monoisotopic (exact) mass is 202 g/mol. The van der Waals surface area contributed by atoms with Crippen LogP contribution in [-0.2, 0) is 0 Å². The fourth-order valence-corrected chi connectivity index (χ4v) is 1.82. The number of aromatic amines is 1. The molecule has 0 saturated carbocycles. The normalized spacial score (nSPS) is 9.43. The molecule has 0 aliphatic heterocycles. The Morgan fingerprint density at radius 1 is 1.07 bits per heavy atom. The van der Waals surface area contributed by atoms with Gasteiger partial charge in [-0.3, -0.25) is 4.98 Å². The van der Waals surface area contributed by atoms with Gasteiger partial charge < -0.3 is 4.98 Å². The summed E-state index contributed by atoms with van der Waals surface area (Å²) in [5, 5.41) is 2.05. The van der Waals surface area contributed by atoms with Crippen LogP contribution in [0.5, 0.6) is 0 Å². The van der Waals surface area contributed by atoms with Crippen molar-refractivity contribution in [1.29, 1.82) is 0 Å². The SMILES string of the molecule is c1cc[nH]c1.c1cnc2ccsc2c1. The molecule has 0 aliphatic rings. The van der Waals surface area contributed by atoms with Gasteiger partial charge in [-0.05, 0) is 35.7 Å². The molecule has 3 aromatic rings. The summed E-state index contributed by atoms with van der Waals surface area (Å²) in [5.74, 6) is 0. The number of hydrogen-bond acceptors (Lipinski definition) is 2. The summed E-state index contributed by atoms with van der Waals surface area (Å²) in [7, 11) is 0. The zero-order valence-corrected chi connectivity index (χ0v) is 8.37. The number of thiophene rings is 1. The Hall–Kier alpha value is -1.61. The highest BCUT2D eigenvalue weighted by molar-refractivity contribution is 7.17. The highest BCUT2D eigenvalue weighted by Crippen LogP contribution is 2.16. The van der Waals surface area contributed by atoms with Gasteiger partial charge in [-0.1, -0.05) is 0 Å². The Bertz CT molecular complexity index is 423. The molecular formula is C11H10N2S. The Balaban J connectivity index is 0.000000128. The number of nitrogens with one attached hydrogen (secondary N) is 1. The first-order chi connectivity index (χ1) is 6.97. The van der Waals surface area contributed by atoms with Crippen LogP contribution in [0.15, 0.2) is 54.3 Å². The second kappa shape index (κ2) is 4.58. The number of fused-ring (bicyclic) bond motifs is 1. The Morgan fingerprint density at radius 2 is 1.93 bits per heavy atom. The summed E-state index contributed by atoms with van der Waals surface area (Å²) in [5.41, 5.74) is 1.10. The third-order valence-electron chi connectivity index (χ3n) is 1.72. The summed E-state index contributed by atoms with van der Waals surface area (Å²) in [6.07, 6.45) is 5.56. The molecule has 0 spiro atoms. The minimum absolute atomic E-state index is 1.10. The molecule has 3 heteroatoms. The molecule has 14 heavy (non-hydrogen) atoms. The zero-order chi connectivity index (χ0) is 9.64. The number of rotatable bonds is 0. The first-order valence-corrected chi connectivity index (χ1v) is 5.21. The number of pyridine rings is 1. The molecule has 0 aliphatic carbocycles. The van der Waals surface area contributed by atoms with Crippen molar-refractivity contribution >= 4 is 21.6 Å². The van der Waals surface area contributed by atoms with Crippen LogP contribution in [0.3, 0.4) is 0 Å². The van der Waals surface area contributed by atoms with Crippen LogP contribution >= 0.6 is 11.3 Å². The van der Waals surface area contributed by atoms with E-state index in [4.69, 9.17) is 0 Å². The van der Waals surface area contributed by atoms with Crippen molar-refractivity contribution in [2.75, 3.05) is 0 Å². The lowest BCUT2D eigenvalue weighted by molar-refractivity contribution is 1.42. The van der Waals surface area contributed by atoms with Gasteiger partial charge in [-0.25, -0.2) is 0 Å². The summed E-state index contributed by atoms with van der Waals surface area (Å²) in [6, 6.07) is 9.95. The molecule has 2 nitrogen and oxygen atoms in total. The molecule has 0 atom stereocenters. The maximum atomic E-state index is 4.15. The molecule has 1 N–H and O–H groups in total. The van der Waals surface area contributed by atoms with E-state index in [0.717, 1.165) is 5.52 Å². The molecule has 0 fully saturated rings. The van der Waals surface area contributed by atoms with Gasteiger partial charge in [0.05, 0.1) is 10.2 Å². The van der Waals surface area contributed by atoms with Gasteiger partial charge in [0.15, 0.2) is 0 Å². The molecule has 0 aromatic carbocycles. The lowest BCUT2D eigenvalue weighted by atomic mass is 10.4. The van der Waals surface area contributed by atoms with Crippen LogP contribution in [0.1, 0.15) is 0 Å². The van der Waals surface area contributed by atoms with Crippen molar-refractivity contribution in [2.24, 2.45) is 0 Å². The van der Waals surface area contributed by atoms with Crippen molar-refractivity contribution < 1.29 is 0 Å². The summed E-state index contributed by atoms with van der Waals surface area (Å²) >= 11 is 1.72. The Kier molecular flexibility index (Phi) is 2.93. The molecule has 0 unspecified atom stereocenters. The molecule has 0 radical (unpaired) electrons. The average molecular weight is 202 g/mol. The van der Waals surface area contributed by atoms with E-state index < -0.39 is 0 Å².